The molecule has 0 aliphatic rings. The highest BCUT2D eigenvalue weighted by Gasteiger charge is 2.25. The van der Waals surface area contributed by atoms with Crippen LogP contribution in [0.1, 0.15) is 11.1 Å². The Morgan fingerprint density at radius 1 is 0.526 bits per heavy atom. The molecule has 21 heteroatoms. The van der Waals surface area contributed by atoms with Crippen molar-refractivity contribution in [1.82, 2.24) is 0 Å². The molecule has 0 saturated heterocycles. The Balaban J connectivity index is 1.37. The molecule has 0 heterocycles. The lowest BCUT2D eigenvalue weighted by Gasteiger charge is -2.14. The van der Waals surface area contributed by atoms with E-state index in [0.717, 1.165) is 18.2 Å². The molecule has 0 aliphatic heterocycles. The van der Waals surface area contributed by atoms with E-state index in [9.17, 15) is 52.4 Å². The average molecular weight is 853 g/mol. The highest BCUT2D eigenvalue weighted by molar-refractivity contribution is 7.87. The van der Waals surface area contributed by atoms with Crippen molar-refractivity contribution >= 4 is 74.0 Å². The van der Waals surface area contributed by atoms with Gasteiger partial charge in [-0.2, -0.15) is 43.9 Å². The van der Waals surface area contributed by atoms with Crippen molar-refractivity contribution < 1.29 is 56.6 Å². The minimum atomic E-state index is -5.14. The lowest BCUT2D eigenvalue weighted by Crippen LogP contribution is -2.09. The number of nitrogens with zero attached hydrogens (tertiary/aromatic N) is 4. The molecule has 0 bridgehead atoms. The second-order valence-corrected chi connectivity index (χ2v) is 17.9. The van der Waals surface area contributed by atoms with Gasteiger partial charge in [0.25, 0.3) is 30.4 Å². The molecule has 0 spiro atoms. The van der Waals surface area contributed by atoms with Crippen molar-refractivity contribution in [2.75, 3.05) is 0 Å². The van der Waals surface area contributed by atoms with Gasteiger partial charge in [0, 0.05) is 16.3 Å². The maximum absolute atomic E-state index is 12.7. The fourth-order valence-corrected chi connectivity index (χ4v) is 8.70. The van der Waals surface area contributed by atoms with E-state index in [1.54, 1.807) is 18.2 Å². The summed E-state index contributed by atoms with van der Waals surface area (Å²) in [6.45, 7) is 2.86. The van der Waals surface area contributed by atoms with Crippen molar-refractivity contribution in [3.8, 4) is 22.6 Å². The van der Waals surface area contributed by atoms with Crippen LogP contribution < -0.4 is 4.18 Å². The monoisotopic (exact) mass is 852 g/mol. The molecule has 294 valence electrons. The predicted octanol–water partition coefficient (Wildman–Crippen LogP) is 8.17. The lowest BCUT2D eigenvalue weighted by atomic mass is 10.00. The number of aryl methyl sites for hydroxylation is 2. The molecule has 6 rings (SSSR count). The molecule has 6 aromatic rings. The van der Waals surface area contributed by atoms with Crippen molar-refractivity contribution in [2.45, 2.75) is 33.4 Å². The van der Waals surface area contributed by atoms with Crippen molar-refractivity contribution in [3.63, 3.8) is 0 Å². The summed E-state index contributed by atoms with van der Waals surface area (Å²) in [6, 6.07) is 23.8. The fraction of sp³-hybridized carbons (Fsp3) is 0.0556. The van der Waals surface area contributed by atoms with E-state index in [2.05, 4.69) is 20.5 Å². The Hall–Kier alpha value is -5.94. The topological polar surface area (TPSA) is 276 Å². The van der Waals surface area contributed by atoms with Crippen molar-refractivity contribution in [3.05, 3.63) is 120 Å². The Morgan fingerprint density at radius 2 is 1.09 bits per heavy atom. The van der Waals surface area contributed by atoms with E-state index >= 15 is 0 Å². The van der Waals surface area contributed by atoms with Gasteiger partial charge < -0.3 is 9.29 Å². The number of phenolic OH excluding ortho intramolecular Hbond substituents is 1. The van der Waals surface area contributed by atoms with E-state index in [1.165, 1.54) is 86.6 Å². The third-order valence-electron chi connectivity index (χ3n) is 8.27. The van der Waals surface area contributed by atoms with Crippen LogP contribution in [0.15, 0.2) is 149 Å². The summed E-state index contributed by atoms with van der Waals surface area (Å²) in [5.41, 5.74) is -0.835. The largest absolute Gasteiger partial charge is 0.505 e. The fourth-order valence-electron chi connectivity index (χ4n) is 5.60. The SMILES string of the molecule is Cc1cc(-c2cc(C)c(N=Nc3cc(S(=O)(=O)O)c4ccccc4c3O)c(S(=O)(=O)O)c2)c(S(=O)(=O)O)cc1N=Nc1ccc(OS(=O)(=O)c2ccccc2)cc1. The van der Waals surface area contributed by atoms with E-state index in [0.29, 0.717) is 5.56 Å². The number of rotatable bonds is 11. The number of fused-ring (bicyclic) bond motifs is 1. The normalized spacial score (nSPS) is 12.8. The molecule has 0 unspecified atom stereocenters. The molecule has 0 radical (unpaired) electrons. The highest BCUT2D eigenvalue weighted by Crippen LogP contribution is 2.42. The van der Waals surface area contributed by atoms with Gasteiger partial charge in [-0.25, -0.2) is 0 Å². The van der Waals surface area contributed by atoms with Crippen LogP contribution in [0.4, 0.5) is 22.7 Å². The average Bonchev–Trinajstić information content (AvgIpc) is 3.13. The third-order valence-corrected chi connectivity index (χ3v) is 12.2. The van der Waals surface area contributed by atoms with Crippen LogP contribution in [0.25, 0.3) is 21.9 Å². The van der Waals surface area contributed by atoms with Gasteiger partial charge in [0.05, 0.1) is 11.4 Å². The Morgan fingerprint density at radius 3 is 1.70 bits per heavy atom. The molecule has 0 amide bonds. The number of benzene rings is 6. The molecule has 6 aromatic carbocycles. The standard InChI is InChI=1S/C36H28N4O13S4/c1-21-17-29(33(55(45,46)47)19-30(21)38-37-24-12-14-25(15-13-24)53-57(51,52)26-8-4-3-5-9-26)23-16-22(2)35(34(18-23)56(48,49)50)40-39-31-20-32(54(42,43)44)27-10-6-7-11-28(27)36(31)41/h3-20,41H,1-2H3,(H,42,43,44)(H,45,46,47)(H,48,49,50). The van der Waals surface area contributed by atoms with E-state index < -0.39 is 72.3 Å². The molecule has 0 aliphatic carbocycles. The second kappa shape index (κ2) is 15.2. The molecule has 4 N–H and O–H groups in total. The van der Waals surface area contributed by atoms with Crippen LogP contribution in [0, 0.1) is 13.8 Å². The molecular formula is C36H28N4O13S4. The zero-order valence-corrected chi connectivity index (χ0v) is 32.5. The first-order valence-corrected chi connectivity index (χ1v) is 21.8. The van der Waals surface area contributed by atoms with Gasteiger partial charge in [-0.3, -0.25) is 13.7 Å². The molecule has 0 fully saturated rings. The Labute approximate surface area is 326 Å². The minimum Gasteiger partial charge on any atom is -0.505 e. The zero-order chi connectivity index (χ0) is 41.5. The quantitative estimate of drug-likeness (QED) is 0.0544. The summed E-state index contributed by atoms with van der Waals surface area (Å²) in [6.07, 6.45) is 0. The van der Waals surface area contributed by atoms with Gasteiger partial charge in [-0.1, -0.05) is 42.5 Å². The Bertz CT molecular complexity index is 3100. The first-order valence-electron chi connectivity index (χ1n) is 16.0. The number of hydrogen-bond acceptors (Lipinski definition) is 14. The summed E-state index contributed by atoms with van der Waals surface area (Å²) in [4.78, 5) is -2.26. The summed E-state index contributed by atoms with van der Waals surface area (Å²) in [5, 5.41) is 26.6. The van der Waals surface area contributed by atoms with E-state index in [4.69, 9.17) is 4.18 Å². The smallest absolute Gasteiger partial charge is 0.339 e. The maximum atomic E-state index is 12.7. The van der Waals surface area contributed by atoms with E-state index in [-0.39, 0.29) is 49.5 Å². The Kier molecular flexibility index (Phi) is 10.9. The van der Waals surface area contributed by atoms with Crippen molar-refractivity contribution in [1.29, 1.82) is 0 Å². The molecule has 0 saturated carbocycles. The predicted molar refractivity (Wildman–Crippen MR) is 205 cm³/mol. The summed E-state index contributed by atoms with van der Waals surface area (Å²) in [5.74, 6) is -0.576. The van der Waals surface area contributed by atoms with Gasteiger partial charge in [-0.05, 0) is 97.3 Å². The number of aromatic hydroxyl groups is 1. The van der Waals surface area contributed by atoms with E-state index in [1.807, 2.05) is 0 Å². The maximum Gasteiger partial charge on any atom is 0.339 e. The van der Waals surface area contributed by atoms with Gasteiger partial charge in [0.2, 0.25) is 0 Å². The van der Waals surface area contributed by atoms with Crippen LogP contribution in [0.5, 0.6) is 11.5 Å². The van der Waals surface area contributed by atoms with Gasteiger partial charge >= 0.3 is 10.1 Å². The molecule has 0 atom stereocenters. The molecule has 17 nitrogen and oxygen atoms in total. The minimum absolute atomic E-state index is 0.00847. The third kappa shape index (κ3) is 8.89. The second-order valence-electron chi connectivity index (χ2n) is 12.2. The van der Waals surface area contributed by atoms with Crippen LogP contribution in [-0.2, 0) is 40.5 Å². The van der Waals surface area contributed by atoms with Gasteiger partial charge in [-0.15, -0.1) is 10.2 Å². The van der Waals surface area contributed by atoms with Gasteiger partial charge in [0.1, 0.15) is 36.7 Å². The number of phenols is 1. The molecule has 57 heavy (non-hydrogen) atoms. The molecule has 0 aromatic heterocycles. The van der Waals surface area contributed by atoms with Crippen LogP contribution in [0.2, 0.25) is 0 Å². The summed E-state index contributed by atoms with van der Waals surface area (Å²) < 4.78 is 135. The van der Waals surface area contributed by atoms with Gasteiger partial charge in [0.15, 0.2) is 5.75 Å². The first kappa shape index (κ1) is 40.7. The van der Waals surface area contributed by atoms with Crippen LogP contribution in [-0.4, -0.2) is 52.4 Å². The number of azo groups is 2. The van der Waals surface area contributed by atoms with Crippen LogP contribution in [0.3, 0.4) is 0 Å². The van der Waals surface area contributed by atoms with Crippen LogP contribution >= 0.6 is 0 Å². The molecular weight excluding hydrogens is 825 g/mol. The first-order chi connectivity index (χ1) is 26.6. The summed E-state index contributed by atoms with van der Waals surface area (Å²) >= 11 is 0. The lowest BCUT2D eigenvalue weighted by molar-refractivity contribution is 0.478. The van der Waals surface area contributed by atoms with Crippen molar-refractivity contribution in [2.24, 2.45) is 20.5 Å². The number of hydrogen-bond donors (Lipinski definition) is 4. The zero-order valence-electron chi connectivity index (χ0n) is 29.3. The highest BCUT2D eigenvalue weighted by atomic mass is 32.2. The summed E-state index contributed by atoms with van der Waals surface area (Å²) in [7, 11) is -19.1.